The minimum absolute atomic E-state index is 0.0509. The highest BCUT2D eigenvalue weighted by molar-refractivity contribution is 5.92. The van der Waals surface area contributed by atoms with Gasteiger partial charge in [0, 0.05) is 49.1 Å². The van der Waals surface area contributed by atoms with Gasteiger partial charge in [-0.1, -0.05) is 13.3 Å². The van der Waals surface area contributed by atoms with Crippen molar-refractivity contribution in [2.24, 2.45) is 0 Å². The molecule has 4 heterocycles. The van der Waals surface area contributed by atoms with Crippen LogP contribution in [0.25, 0.3) is 11.0 Å². The molecular weight excluding hydrogens is 454 g/mol. The van der Waals surface area contributed by atoms with E-state index in [0.29, 0.717) is 42.7 Å². The quantitative estimate of drug-likeness (QED) is 0.507. The molecule has 0 radical (unpaired) electrons. The summed E-state index contributed by atoms with van der Waals surface area (Å²) in [5.74, 6) is 0.967. The fourth-order valence-electron chi connectivity index (χ4n) is 5.76. The van der Waals surface area contributed by atoms with Crippen LogP contribution in [0.4, 0.5) is 5.95 Å². The van der Waals surface area contributed by atoms with Crippen LogP contribution in [0.15, 0.2) is 30.7 Å². The van der Waals surface area contributed by atoms with E-state index < -0.39 is 0 Å². The van der Waals surface area contributed by atoms with E-state index in [1.54, 1.807) is 18.3 Å². The highest BCUT2D eigenvalue weighted by Gasteiger charge is 2.30. The van der Waals surface area contributed by atoms with Crippen LogP contribution < -0.4 is 5.32 Å². The first-order chi connectivity index (χ1) is 17.5. The molecule has 0 spiro atoms. The fraction of sp³-hybridized carbons (Fsp3) is 0.593. The number of hydrogen-bond donors (Lipinski definition) is 2. The van der Waals surface area contributed by atoms with Gasteiger partial charge in [-0.15, -0.1) is 5.10 Å². The summed E-state index contributed by atoms with van der Waals surface area (Å²) in [6, 6.07) is 4.12. The lowest BCUT2D eigenvalue weighted by atomic mass is 9.89. The second-order valence-corrected chi connectivity index (χ2v) is 10.4. The highest BCUT2D eigenvalue weighted by atomic mass is 16.3. The first kappa shape index (κ1) is 24.6. The van der Waals surface area contributed by atoms with E-state index in [0.717, 1.165) is 62.4 Å². The van der Waals surface area contributed by atoms with Crippen LogP contribution in [0.1, 0.15) is 93.2 Å². The van der Waals surface area contributed by atoms with Crippen LogP contribution in [0.2, 0.25) is 0 Å². The smallest absolute Gasteiger partial charge is 0.274 e. The Kier molecular flexibility index (Phi) is 7.46. The molecule has 192 valence electrons. The maximum atomic E-state index is 12.8. The number of nitrogens with zero attached hydrogens (tertiary/aromatic N) is 6. The van der Waals surface area contributed by atoms with Crippen LogP contribution in [-0.2, 0) is 0 Å². The van der Waals surface area contributed by atoms with E-state index in [4.69, 9.17) is 4.98 Å². The summed E-state index contributed by atoms with van der Waals surface area (Å²) in [6.45, 7) is 5.73. The van der Waals surface area contributed by atoms with Crippen molar-refractivity contribution in [2.45, 2.75) is 89.3 Å². The molecule has 9 heteroatoms. The van der Waals surface area contributed by atoms with Gasteiger partial charge in [0.15, 0.2) is 5.69 Å². The average Bonchev–Trinajstić information content (AvgIpc) is 3.28. The first-order valence-electron chi connectivity index (χ1n) is 13.4. The number of aliphatic hydroxyl groups is 1. The van der Waals surface area contributed by atoms with Crippen molar-refractivity contribution in [2.75, 3.05) is 18.4 Å². The van der Waals surface area contributed by atoms with Crippen molar-refractivity contribution in [3.63, 3.8) is 0 Å². The van der Waals surface area contributed by atoms with Gasteiger partial charge in [0.05, 0.1) is 6.10 Å². The van der Waals surface area contributed by atoms with Crippen LogP contribution in [0.5, 0.6) is 0 Å². The number of hydrogen-bond acceptors (Lipinski definition) is 7. The highest BCUT2D eigenvalue weighted by Crippen LogP contribution is 2.38. The molecule has 3 aromatic rings. The van der Waals surface area contributed by atoms with E-state index in [2.05, 4.69) is 45.1 Å². The molecule has 36 heavy (non-hydrogen) atoms. The van der Waals surface area contributed by atoms with Gasteiger partial charge >= 0.3 is 0 Å². The molecular formula is C27H37N7O2. The van der Waals surface area contributed by atoms with E-state index in [1.807, 2.05) is 11.1 Å². The molecule has 1 aliphatic carbocycles. The lowest BCUT2D eigenvalue weighted by molar-refractivity contribution is 0.0706. The second kappa shape index (κ2) is 10.9. The Morgan fingerprint density at radius 1 is 1.19 bits per heavy atom. The Morgan fingerprint density at radius 2 is 1.97 bits per heavy atom. The second-order valence-electron chi connectivity index (χ2n) is 10.4. The number of carbonyl (C=O) groups excluding carboxylic acids is 1. The number of aliphatic hydroxyl groups excluding tert-OH is 1. The molecule has 9 nitrogen and oxygen atoms in total. The maximum Gasteiger partial charge on any atom is 0.274 e. The first-order valence-corrected chi connectivity index (χ1v) is 13.4. The molecule has 1 atom stereocenters. The monoisotopic (exact) mass is 491 g/mol. The minimum Gasteiger partial charge on any atom is -0.393 e. The third-order valence-corrected chi connectivity index (χ3v) is 7.77. The molecule has 5 rings (SSSR count). The normalized spacial score (nSPS) is 22.0. The summed E-state index contributed by atoms with van der Waals surface area (Å²) >= 11 is 0. The molecule has 0 aromatic carbocycles. The molecule has 2 aliphatic rings. The number of carbonyl (C=O) groups is 1. The predicted molar refractivity (Wildman–Crippen MR) is 139 cm³/mol. The third-order valence-electron chi connectivity index (χ3n) is 7.77. The standard InChI is InChI=1S/C27H37N7O2/c1-3-5-18(2)30-27-28-16-22-23(17-34(25(22)31-27)20-7-9-21(35)10-8-20)19-11-14-33(15-12-19)26(36)24-6-4-13-29-32-24/h4,6,13,16-21,35H,3,5,7-12,14-15H2,1-2H3,(H,28,30,31)/t18-,20?,21?/m0/s1. The van der Waals surface area contributed by atoms with Gasteiger partial charge in [-0.2, -0.15) is 10.1 Å². The minimum atomic E-state index is -0.194. The molecule has 2 fully saturated rings. The van der Waals surface area contributed by atoms with E-state index >= 15 is 0 Å². The van der Waals surface area contributed by atoms with E-state index in [1.165, 1.54) is 5.56 Å². The number of likely N-dealkylation sites (tertiary alicyclic amines) is 1. The molecule has 1 saturated carbocycles. The molecule has 0 bridgehead atoms. The number of amides is 1. The fourth-order valence-corrected chi connectivity index (χ4v) is 5.76. The van der Waals surface area contributed by atoms with Gasteiger partial charge in [0.1, 0.15) is 5.65 Å². The van der Waals surface area contributed by atoms with Gasteiger partial charge in [-0.25, -0.2) is 4.98 Å². The Hall–Kier alpha value is -3.07. The van der Waals surface area contributed by atoms with Crippen molar-refractivity contribution in [1.29, 1.82) is 0 Å². The SMILES string of the molecule is CCC[C@H](C)Nc1ncc2c(C3CCN(C(=O)c4cccnn4)CC3)cn(C3CCC(O)CC3)c2n1. The maximum absolute atomic E-state index is 12.8. The van der Waals surface area contributed by atoms with Crippen LogP contribution in [0.3, 0.4) is 0 Å². The Bertz CT molecular complexity index is 1170. The van der Waals surface area contributed by atoms with Crippen molar-refractivity contribution in [1.82, 2.24) is 29.6 Å². The van der Waals surface area contributed by atoms with Gasteiger partial charge in [-0.3, -0.25) is 4.79 Å². The molecule has 1 saturated heterocycles. The zero-order chi connectivity index (χ0) is 25.1. The van der Waals surface area contributed by atoms with Crippen molar-refractivity contribution < 1.29 is 9.90 Å². The molecule has 1 aliphatic heterocycles. The summed E-state index contributed by atoms with van der Waals surface area (Å²) in [7, 11) is 0. The van der Waals surface area contributed by atoms with Gasteiger partial charge in [0.2, 0.25) is 5.95 Å². The van der Waals surface area contributed by atoms with Crippen molar-refractivity contribution >= 4 is 22.9 Å². The van der Waals surface area contributed by atoms with Gasteiger partial charge < -0.3 is 19.9 Å². The zero-order valence-electron chi connectivity index (χ0n) is 21.3. The number of rotatable bonds is 7. The number of aromatic nitrogens is 5. The number of nitrogens with one attached hydrogen (secondary N) is 1. The predicted octanol–water partition coefficient (Wildman–Crippen LogP) is 4.32. The Labute approximate surface area is 212 Å². The number of fused-ring (bicyclic) bond motifs is 1. The summed E-state index contributed by atoms with van der Waals surface area (Å²) in [6.07, 6.45) is 13.2. The average molecular weight is 492 g/mol. The summed E-state index contributed by atoms with van der Waals surface area (Å²) in [5, 5.41) is 22.5. The van der Waals surface area contributed by atoms with E-state index in [-0.39, 0.29) is 12.0 Å². The Balaban J connectivity index is 1.39. The number of piperidine rings is 1. The lowest BCUT2D eigenvalue weighted by Gasteiger charge is -2.31. The molecule has 3 aromatic heterocycles. The largest absolute Gasteiger partial charge is 0.393 e. The van der Waals surface area contributed by atoms with Crippen LogP contribution in [-0.4, -0.2) is 65.9 Å². The molecule has 1 amide bonds. The summed E-state index contributed by atoms with van der Waals surface area (Å²) in [4.78, 5) is 24.4. The Morgan fingerprint density at radius 3 is 2.67 bits per heavy atom. The third kappa shape index (κ3) is 5.21. The number of anilines is 1. The lowest BCUT2D eigenvalue weighted by Crippen LogP contribution is -2.38. The van der Waals surface area contributed by atoms with Crippen molar-refractivity contribution in [3.05, 3.63) is 42.0 Å². The summed E-state index contributed by atoms with van der Waals surface area (Å²) in [5.41, 5.74) is 2.65. The summed E-state index contributed by atoms with van der Waals surface area (Å²) < 4.78 is 2.34. The van der Waals surface area contributed by atoms with Crippen LogP contribution in [0, 0.1) is 0 Å². The van der Waals surface area contributed by atoms with E-state index in [9.17, 15) is 9.90 Å². The van der Waals surface area contributed by atoms with Crippen LogP contribution >= 0.6 is 0 Å². The molecule has 0 unspecified atom stereocenters. The molecule has 2 N–H and O–H groups in total. The zero-order valence-corrected chi connectivity index (χ0v) is 21.3. The van der Waals surface area contributed by atoms with Gasteiger partial charge in [0.25, 0.3) is 5.91 Å². The topological polar surface area (TPSA) is 109 Å². The van der Waals surface area contributed by atoms with Crippen molar-refractivity contribution in [3.8, 4) is 0 Å². The van der Waals surface area contributed by atoms with Gasteiger partial charge in [-0.05, 0) is 75.5 Å².